The number of rotatable bonds is 2. The molecule has 0 aliphatic carbocycles. The molecule has 2 nitrogen and oxygen atoms in total. The number of nitrogens with zero attached hydrogens (tertiary/aromatic N) is 2. The van der Waals surface area contributed by atoms with E-state index in [4.69, 9.17) is 11.6 Å². The van der Waals surface area contributed by atoms with Gasteiger partial charge in [0, 0.05) is 19.6 Å². The first-order valence-electron chi connectivity index (χ1n) is 5.49. The lowest BCUT2D eigenvalue weighted by Gasteiger charge is -2.03. The summed E-state index contributed by atoms with van der Waals surface area (Å²) in [5.41, 5.74) is 0. The second-order valence-electron chi connectivity index (χ2n) is 3.93. The van der Waals surface area contributed by atoms with Crippen molar-refractivity contribution in [3.8, 4) is 0 Å². The predicted octanol–water partition coefficient (Wildman–Crippen LogP) is 5.57. The fourth-order valence-corrected chi connectivity index (χ4v) is 4.05. The molecular formula is C13H8BrClN2S2. The van der Waals surface area contributed by atoms with Crippen LogP contribution in [0.3, 0.4) is 0 Å². The molecule has 0 bridgehead atoms. The molecule has 1 aromatic carbocycles. The molecule has 0 aliphatic heterocycles. The van der Waals surface area contributed by atoms with E-state index < -0.39 is 0 Å². The van der Waals surface area contributed by atoms with Crippen molar-refractivity contribution in [2.75, 3.05) is 0 Å². The van der Waals surface area contributed by atoms with Gasteiger partial charge in [-0.15, -0.1) is 11.3 Å². The van der Waals surface area contributed by atoms with Crippen LogP contribution in [0.25, 0.3) is 10.2 Å². The fraction of sp³-hybridized carbons (Fsp3) is 0.0769. The molecule has 0 saturated heterocycles. The minimum absolute atomic E-state index is 0.300. The lowest BCUT2D eigenvalue weighted by molar-refractivity contribution is 1.11. The van der Waals surface area contributed by atoms with Gasteiger partial charge in [-0.3, -0.25) is 0 Å². The molecule has 6 heteroatoms. The van der Waals surface area contributed by atoms with Gasteiger partial charge in [0.2, 0.25) is 5.28 Å². The normalized spacial score (nSPS) is 11.1. The first kappa shape index (κ1) is 13.4. The van der Waals surface area contributed by atoms with Crippen LogP contribution >= 0.6 is 50.6 Å². The number of aryl methyl sites for hydroxylation is 1. The van der Waals surface area contributed by atoms with Crippen LogP contribution in [0.15, 0.2) is 44.7 Å². The molecule has 0 spiro atoms. The zero-order chi connectivity index (χ0) is 13.4. The van der Waals surface area contributed by atoms with Crippen LogP contribution in [0.1, 0.15) is 4.88 Å². The van der Waals surface area contributed by atoms with Crippen molar-refractivity contribution < 1.29 is 0 Å². The van der Waals surface area contributed by atoms with Gasteiger partial charge in [-0.2, -0.15) is 0 Å². The molecule has 3 rings (SSSR count). The topological polar surface area (TPSA) is 25.8 Å². The van der Waals surface area contributed by atoms with Crippen molar-refractivity contribution in [1.29, 1.82) is 0 Å². The van der Waals surface area contributed by atoms with E-state index in [1.54, 1.807) is 23.1 Å². The first-order chi connectivity index (χ1) is 9.11. The monoisotopic (exact) mass is 370 g/mol. The Kier molecular flexibility index (Phi) is 3.80. The number of halogens is 2. The molecule has 0 fully saturated rings. The molecule has 19 heavy (non-hydrogen) atoms. The third kappa shape index (κ3) is 2.94. The smallest absolute Gasteiger partial charge is 0.210 e. The summed E-state index contributed by atoms with van der Waals surface area (Å²) in [4.78, 5) is 11.9. The summed E-state index contributed by atoms with van der Waals surface area (Å²) in [5, 5.41) is 2.27. The van der Waals surface area contributed by atoms with Gasteiger partial charge in [0.15, 0.2) is 0 Å². The molecule has 96 valence electrons. The number of thiophene rings is 1. The van der Waals surface area contributed by atoms with Crippen molar-refractivity contribution in [1.82, 2.24) is 9.97 Å². The molecule has 0 N–H and O–H groups in total. The Hall–Kier alpha value is -0.620. The van der Waals surface area contributed by atoms with Gasteiger partial charge in [0.1, 0.15) is 9.86 Å². The van der Waals surface area contributed by atoms with E-state index >= 15 is 0 Å². The van der Waals surface area contributed by atoms with Crippen LogP contribution in [-0.4, -0.2) is 9.97 Å². The number of aromatic nitrogens is 2. The Morgan fingerprint density at radius 3 is 2.68 bits per heavy atom. The molecule has 0 radical (unpaired) electrons. The van der Waals surface area contributed by atoms with Gasteiger partial charge in [-0.25, -0.2) is 9.97 Å². The largest absolute Gasteiger partial charge is 0.224 e. The van der Waals surface area contributed by atoms with Crippen molar-refractivity contribution in [3.63, 3.8) is 0 Å². The second kappa shape index (κ2) is 5.40. The summed E-state index contributed by atoms with van der Waals surface area (Å²) in [7, 11) is 0. The molecule has 0 saturated carbocycles. The summed E-state index contributed by atoms with van der Waals surface area (Å²) in [5.74, 6) is 0. The van der Waals surface area contributed by atoms with E-state index in [0.29, 0.717) is 5.28 Å². The van der Waals surface area contributed by atoms with E-state index in [1.807, 2.05) is 12.1 Å². The van der Waals surface area contributed by atoms with E-state index in [0.717, 1.165) is 24.6 Å². The zero-order valence-corrected chi connectivity index (χ0v) is 13.8. The Labute approximate surface area is 132 Å². The Morgan fingerprint density at radius 2 is 1.95 bits per heavy atom. The third-order valence-corrected chi connectivity index (χ3v) is 5.14. The number of fused-ring (bicyclic) bond motifs is 1. The Bertz CT molecular complexity index is 740. The Morgan fingerprint density at radius 1 is 1.21 bits per heavy atom. The van der Waals surface area contributed by atoms with E-state index in [1.165, 1.54) is 4.88 Å². The van der Waals surface area contributed by atoms with Crippen LogP contribution in [0.5, 0.6) is 0 Å². The SMILES string of the molecule is Cc1cc2c(Sc3ccc(Br)cc3)nc(Cl)nc2s1. The average molecular weight is 372 g/mol. The molecule has 3 aromatic rings. The third-order valence-electron chi connectivity index (χ3n) is 2.48. The maximum atomic E-state index is 5.99. The standard InChI is InChI=1S/C13H8BrClN2S2/c1-7-6-10-11(18-7)16-13(15)17-12(10)19-9-4-2-8(14)3-5-9/h2-6H,1H3. The highest BCUT2D eigenvalue weighted by atomic mass is 79.9. The van der Waals surface area contributed by atoms with Crippen molar-refractivity contribution in [2.45, 2.75) is 16.8 Å². The summed E-state index contributed by atoms with van der Waals surface area (Å²) in [6.07, 6.45) is 0. The van der Waals surface area contributed by atoms with Crippen molar-refractivity contribution in [3.05, 3.63) is 45.0 Å². The van der Waals surface area contributed by atoms with Crippen molar-refractivity contribution >= 4 is 60.8 Å². The van der Waals surface area contributed by atoms with Gasteiger partial charge in [0.05, 0.1) is 0 Å². The van der Waals surface area contributed by atoms with Gasteiger partial charge >= 0.3 is 0 Å². The van der Waals surface area contributed by atoms with Gasteiger partial charge in [-0.1, -0.05) is 27.7 Å². The maximum Gasteiger partial charge on any atom is 0.224 e. The average Bonchev–Trinajstić information content (AvgIpc) is 2.72. The molecule has 0 unspecified atom stereocenters. The van der Waals surface area contributed by atoms with E-state index in [2.05, 4.69) is 51.0 Å². The summed E-state index contributed by atoms with van der Waals surface area (Å²) < 4.78 is 1.06. The van der Waals surface area contributed by atoms with Crippen molar-refractivity contribution in [2.24, 2.45) is 0 Å². The number of hydrogen-bond acceptors (Lipinski definition) is 4. The molecule has 2 heterocycles. The fourth-order valence-electron chi connectivity index (χ4n) is 1.68. The zero-order valence-electron chi connectivity index (χ0n) is 9.85. The van der Waals surface area contributed by atoms with Crippen LogP contribution in [0.4, 0.5) is 0 Å². The minimum Gasteiger partial charge on any atom is -0.210 e. The van der Waals surface area contributed by atoms with Gasteiger partial charge in [-0.05, 0) is 48.9 Å². The van der Waals surface area contributed by atoms with Crippen LogP contribution in [0, 0.1) is 6.92 Å². The highest BCUT2D eigenvalue weighted by Gasteiger charge is 2.11. The van der Waals surface area contributed by atoms with Crippen LogP contribution in [-0.2, 0) is 0 Å². The van der Waals surface area contributed by atoms with E-state index in [9.17, 15) is 0 Å². The summed E-state index contributed by atoms with van der Waals surface area (Å²) >= 11 is 12.7. The van der Waals surface area contributed by atoms with Crippen LogP contribution in [0.2, 0.25) is 5.28 Å². The Balaban J connectivity index is 2.06. The number of hydrogen-bond donors (Lipinski definition) is 0. The highest BCUT2D eigenvalue weighted by molar-refractivity contribution is 9.10. The first-order valence-corrected chi connectivity index (χ1v) is 8.29. The molecule has 0 aliphatic rings. The molecule has 0 atom stereocenters. The second-order valence-corrected chi connectivity index (χ2v) is 7.48. The quantitative estimate of drug-likeness (QED) is 0.435. The maximum absolute atomic E-state index is 5.99. The predicted molar refractivity (Wildman–Crippen MR) is 85.4 cm³/mol. The number of benzene rings is 1. The van der Waals surface area contributed by atoms with Gasteiger partial charge < -0.3 is 0 Å². The summed E-state index contributed by atoms with van der Waals surface area (Å²) in [6, 6.07) is 10.2. The lowest BCUT2D eigenvalue weighted by atomic mass is 10.4. The minimum atomic E-state index is 0.300. The van der Waals surface area contributed by atoms with Gasteiger partial charge in [0.25, 0.3) is 0 Å². The molecule has 2 aromatic heterocycles. The van der Waals surface area contributed by atoms with E-state index in [-0.39, 0.29) is 0 Å². The summed E-state index contributed by atoms with van der Waals surface area (Å²) in [6.45, 7) is 2.06. The molecular weight excluding hydrogens is 364 g/mol. The van der Waals surface area contributed by atoms with Crippen LogP contribution < -0.4 is 0 Å². The lowest BCUT2D eigenvalue weighted by Crippen LogP contribution is -1.86. The molecule has 0 amide bonds. The highest BCUT2D eigenvalue weighted by Crippen LogP contribution is 2.35.